The van der Waals surface area contributed by atoms with E-state index in [2.05, 4.69) is 36.8 Å². The highest BCUT2D eigenvalue weighted by Crippen LogP contribution is 2.27. The second-order valence-corrected chi connectivity index (χ2v) is 8.35. The van der Waals surface area contributed by atoms with Crippen LogP contribution in [0.4, 0.5) is 11.4 Å². The van der Waals surface area contributed by atoms with E-state index in [0.29, 0.717) is 27.4 Å². The lowest BCUT2D eigenvalue weighted by Crippen LogP contribution is -2.14. The summed E-state index contributed by atoms with van der Waals surface area (Å²) in [6.07, 6.45) is 0. The van der Waals surface area contributed by atoms with E-state index in [-0.39, 0.29) is 17.6 Å². The Labute approximate surface area is 185 Å². The van der Waals surface area contributed by atoms with Crippen LogP contribution in [0.1, 0.15) is 6.92 Å². The van der Waals surface area contributed by atoms with Gasteiger partial charge in [-0.2, -0.15) is 0 Å². The molecule has 0 fully saturated rings. The SMILES string of the molecule is CC(=O)Nc1cccc(-c2nnc(SCC(=O)Nc3ccc(Br)cc3Cl)n2C)c1. The summed E-state index contributed by atoms with van der Waals surface area (Å²) in [5.74, 6) is 0.449. The Morgan fingerprint density at radius 2 is 1.97 bits per heavy atom. The summed E-state index contributed by atoms with van der Waals surface area (Å²) < 4.78 is 2.64. The van der Waals surface area contributed by atoms with Crippen LogP contribution in [0.5, 0.6) is 0 Å². The number of aromatic nitrogens is 3. The van der Waals surface area contributed by atoms with E-state index in [1.165, 1.54) is 18.7 Å². The van der Waals surface area contributed by atoms with Crippen LogP contribution < -0.4 is 10.6 Å². The van der Waals surface area contributed by atoms with Gasteiger partial charge in [-0.25, -0.2) is 0 Å². The molecule has 0 saturated carbocycles. The van der Waals surface area contributed by atoms with Crippen molar-refractivity contribution in [2.75, 3.05) is 16.4 Å². The first-order valence-corrected chi connectivity index (χ1v) is 10.6. The van der Waals surface area contributed by atoms with Crippen molar-refractivity contribution in [3.8, 4) is 11.4 Å². The molecule has 29 heavy (non-hydrogen) atoms. The van der Waals surface area contributed by atoms with E-state index in [1.54, 1.807) is 28.8 Å². The molecule has 0 radical (unpaired) electrons. The van der Waals surface area contributed by atoms with Gasteiger partial charge in [-0.15, -0.1) is 10.2 Å². The number of halogens is 2. The van der Waals surface area contributed by atoms with Crippen molar-refractivity contribution in [3.63, 3.8) is 0 Å². The highest BCUT2D eigenvalue weighted by molar-refractivity contribution is 9.10. The van der Waals surface area contributed by atoms with Gasteiger partial charge < -0.3 is 15.2 Å². The van der Waals surface area contributed by atoms with Gasteiger partial charge in [-0.1, -0.05) is 51.4 Å². The zero-order valence-corrected chi connectivity index (χ0v) is 18.7. The maximum absolute atomic E-state index is 12.3. The van der Waals surface area contributed by atoms with Crippen LogP contribution in [-0.4, -0.2) is 32.3 Å². The molecule has 0 aliphatic carbocycles. The van der Waals surface area contributed by atoms with E-state index in [0.717, 1.165) is 10.0 Å². The van der Waals surface area contributed by atoms with Gasteiger partial charge in [-0.3, -0.25) is 9.59 Å². The highest BCUT2D eigenvalue weighted by Gasteiger charge is 2.14. The number of nitrogens with one attached hydrogen (secondary N) is 2. The largest absolute Gasteiger partial charge is 0.326 e. The summed E-state index contributed by atoms with van der Waals surface area (Å²) >= 11 is 10.7. The average Bonchev–Trinajstić information content (AvgIpc) is 3.02. The number of benzene rings is 2. The molecule has 3 aromatic rings. The molecular weight excluding hydrogens is 478 g/mol. The van der Waals surface area contributed by atoms with Crippen molar-refractivity contribution in [1.29, 1.82) is 0 Å². The van der Waals surface area contributed by atoms with Gasteiger partial charge >= 0.3 is 0 Å². The number of amides is 2. The van der Waals surface area contributed by atoms with E-state index in [9.17, 15) is 9.59 Å². The molecule has 2 N–H and O–H groups in total. The van der Waals surface area contributed by atoms with Gasteiger partial charge in [0.1, 0.15) is 0 Å². The zero-order chi connectivity index (χ0) is 21.0. The molecule has 1 aromatic heterocycles. The topological polar surface area (TPSA) is 88.9 Å². The maximum atomic E-state index is 12.3. The number of carbonyl (C=O) groups is 2. The van der Waals surface area contributed by atoms with Crippen molar-refractivity contribution in [3.05, 3.63) is 52.0 Å². The van der Waals surface area contributed by atoms with Gasteiger partial charge in [0.05, 0.1) is 16.5 Å². The van der Waals surface area contributed by atoms with Gasteiger partial charge in [0, 0.05) is 29.7 Å². The third-order valence-electron chi connectivity index (χ3n) is 3.81. The smallest absolute Gasteiger partial charge is 0.234 e. The van der Waals surface area contributed by atoms with Gasteiger partial charge in [0.15, 0.2) is 11.0 Å². The Kier molecular flexibility index (Phi) is 6.94. The summed E-state index contributed by atoms with van der Waals surface area (Å²) in [6, 6.07) is 12.6. The number of thioether (sulfide) groups is 1. The molecule has 0 atom stereocenters. The molecule has 0 unspecified atom stereocenters. The molecule has 0 bridgehead atoms. The lowest BCUT2D eigenvalue weighted by molar-refractivity contribution is -0.114. The van der Waals surface area contributed by atoms with Crippen molar-refractivity contribution in [2.45, 2.75) is 12.1 Å². The molecule has 2 aromatic carbocycles. The molecule has 7 nitrogen and oxygen atoms in total. The lowest BCUT2D eigenvalue weighted by Gasteiger charge is -2.08. The average molecular weight is 495 g/mol. The van der Waals surface area contributed by atoms with Gasteiger partial charge in [0.25, 0.3) is 0 Å². The standard InChI is InChI=1S/C19H17BrClN5O2S/c1-11(27)22-14-5-3-4-12(8-14)18-24-25-19(26(18)2)29-10-17(28)23-16-7-6-13(20)9-15(16)21/h3-9H,10H2,1-2H3,(H,22,27)(H,23,28). The minimum Gasteiger partial charge on any atom is -0.326 e. The second-order valence-electron chi connectivity index (χ2n) is 6.09. The fraction of sp³-hybridized carbons (Fsp3) is 0.158. The summed E-state index contributed by atoms with van der Waals surface area (Å²) in [4.78, 5) is 23.5. The Morgan fingerprint density at radius 1 is 1.17 bits per heavy atom. The molecular formula is C19H17BrClN5O2S. The first-order valence-electron chi connectivity index (χ1n) is 8.48. The number of rotatable bonds is 6. The molecule has 150 valence electrons. The van der Waals surface area contributed by atoms with E-state index < -0.39 is 0 Å². The molecule has 3 rings (SSSR count). The van der Waals surface area contributed by atoms with Crippen LogP contribution in [0.15, 0.2) is 52.1 Å². The van der Waals surface area contributed by atoms with Crippen molar-refractivity contribution in [2.24, 2.45) is 7.05 Å². The van der Waals surface area contributed by atoms with Crippen LogP contribution in [0.25, 0.3) is 11.4 Å². The van der Waals surface area contributed by atoms with Crippen LogP contribution in [0, 0.1) is 0 Å². The predicted molar refractivity (Wildman–Crippen MR) is 119 cm³/mol. The molecule has 1 heterocycles. The molecule has 2 amide bonds. The molecule has 10 heteroatoms. The van der Waals surface area contributed by atoms with Crippen LogP contribution in [0.3, 0.4) is 0 Å². The normalized spacial score (nSPS) is 10.6. The predicted octanol–water partition coefficient (Wildman–Crippen LogP) is 4.59. The summed E-state index contributed by atoms with van der Waals surface area (Å²) in [5, 5.41) is 15.0. The minimum absolute atomic E-state index is 0.145. The second kappa shape index (κ2) is 9.43. The lowest BCUT2D eigenvalue weighted by atomic mass is 10.2. The van der Waals surface area contributed by atoms with Crippen molar-refractivity contribution < 1.29 is 9.59 Å². The molecule has 0 spiro atoms. The summed E-state index contributed by atoms with van der Waals surface area (Å²) in [7, 11) is 1.83. The van der Waals surface area contributed by atoms with E-state index >= 15 is 0 Å². The fourth-order valence-corrected chi connectivity index (χ4v) is 3.97. The Bertz CT molecular complexity index is 1070. The Balaban J connectivity index is 1.67. The fourth-order valence-electron chi connectivity index (χ4n) is 2.54. The first kappa shape index (κ1) is 21.4. The van der Waals surface area contributed by atoms with Crippen LogP contribution >= 0.6 is 39.3 Å². The number of hydrogen-bond donors (Lipinski definition) is 2. The Morgan fingerprint density at radius 3 is 2.69 bits per heavy atom. The quantitative estimate of drug-likeness (QED) is 0.489. The molecule has 0 aliphatic rings. The van der Waals surface area contributed by atoms with Gasteiger partial charge in [0.2, 0.25) is 11.8 Å². The number of anilines is 2. The third-order valence-corrected chi connectivity index (χ3v) is 5.64. The molecule has 0 saturated heterocycles. The highest BCUT2D eigenvalue weighted by atomic mass is 79.9. The number of carbonyl (C=O) groups excluding carboxylic acids is 2. The zero-order valence-electron chi connectivity index (χ0n) is 15.6. The Hall–Kier alpha value is -2.36. The third kappa shape index (κ3) is 5.59. The van der Waals surface area contributed by atoms with Gasteiger partial charge in [-0.05, 0) is 30.3 Å². The van der Waals surface area contributed by atoms with E-state index in [1.807, 2.05) is 25.2 Å². The van der Waals surface area contributed by atoms with Crippen molar-refractivity contribution in [1.82, 2.24) is 14.8 Å². The first-order chi connectivity index (χ1) is 13.8. The van der Waals surface area contributed by atoms with Crippen molar-refractivity contribution >= 4 is 62.5 Å². The van der Waals surface area contributed by atoms with Crippen LogP contribution in [0.2, 0.25) is 5.02 Å². The number of hydrogen-bond acceptors (Lipinski definition) is 5. The monoisotopic (exact) mass is 493 g/mol. The van der Waals surface area contributed by atoms with E-state index in [4.69, 9.17) is 11.6 Å². The summed E-state index contributed by atoms with van der Waals surface area (Å²) in [5.41, 5.74) is 2.04. The summed E-state index contributed by atoms with van der Waals surface area (Å²) in [6.45, 7) is 1.45. The maximum Gasteiger partial charge on any atom is 0.234 e. The van der Waals surface area contributed by atoms with Crippen LogP contribution in [-0.2, 0) is 16.6 Å². The number of nitrogens with zero attached hydrogens (tertiary/aromatic N) is 3. The minimum atomic E-state index is -0.198. The molecule has 0 aliphatic heterocycles.